The zero-order valence-corrected chi connectivity index (χ0v) is 11.9. The second-order valence-electron chi connectivity index (χ2n) is 5.57. The fourth-order valence-corrected chi connectivity index (χ4v) is 2.64. The first kappa shape index (κ1) is 14.4. The molecule has 3 unspecified atom stereocenters. The van der Waals surface area contributed by atoms with Gasteiger partial charge in [0.05, 0.1) is 0 Å². The first-order valence-electron chi connectivity index (χ1n) is 6.85. The predicted octanol–water partition coefficient (Wildman–Crippen LogP) is 1.63. The highest BCUT2D eigenvalue weighted by Gasteiger charge is 2.35. The number of carbonyl (C=O) groups excluding carboxylic acids is 1. The third kappa shape index (κ3) is 2.76. The summed E-state index contributed by atoms with van der Waals surface area (Å²) < 4.78 is 0. The molecule has 0 saturated carbocycles. The maximum Gasteiger partial charge on any atom is 0.237 e. The van der Waals surface area contributed by atoms with Gasteiger partial charge in [-0.3, -0.25) is 4.79 Å². The van der Waals surface area contributed by atoms with Crippen LogP contribution in [0.15, 0.2) is 35.5 Å². The van der Waals surface area contributed by atoms with Crippen LogP contribution in [-0.2, 0) is 4.79 Å². The van der Waals surface area contributed by atoms with Crippen LogP contribution < -0.4 is 5.73 Å². The molecule has 1 aromatic carbocycles. The van der Waals surface area contributed by atoms with Crippen molar-refractivity contribution >= 4 is 11.7 Å². The van der Waals surface area contributed by atoms with Gasteiger partial charge in [-0.1, -0.05) is 49.3 Å². The smallest absolute Gasteiger partial charge is 0.237 e. The number of rotatable bonds is 3. The van der Waals surface area contributed by atoms with Gasteiger partial charge in [-0.2, -0.15) is 0 Å². The lowest BCUT2D eigenvalue weighted by Crippen LogP contribution is -2.39. The van der Waals surface area contributed by atoms with Crippen molar-refractivity contribution in [3.63, 3.8) is 0 Å². The molecule has 20 heavy (non-hydrogen) atoms. The molecule has 2 rings (SSSR count). The molecule has 1 amide bonds. The van der Waals surface area contributed by atoms with Gasteiger partial charge in [0.25, 0.3) is 0 Å². The number of amidine groups is 1. The third-order valence-corrected chi connectivity index (χ3v) is 4.09. The summed E-state index contributed by atoms with van der Waals surface area (Å²) in [7, 11) is 0. The molecular weight excluding hydrogens is 254 g/mol. The van der Waals surface area contributed by atoms with E-state index in [0.29, 0.717) is 11.8 Å². The maximum atomic E-state index is 12.7. The van der Waals surface area contributed by atoms with Crippen molar-refractivity contribution in [3.05, 3.63) is 35.9 Å². The molecule has 0 aromatic heterocycles. The lowest BCUT2D eigenvalue weighted by atomic mass is 9.96. The van der Waals surface area contributed by atoms with Gasteiger partial charge in [0.1, 0.15) is 5.92 Å². The van der Waals surface area contributed by atoms with E-state index in [2.05, 4.69) is 19.0 Å². The van der Waals surface area contributed by atoms with Crippen LogP contribution in [0.1, 0.15) is 25.3 Å². The second kappa shape index (κ2) is 5.94. The summed E-state index contributed by atoms with van der Waals surface area (Å²) in [6, 6.07) is 9.20. The van der Waals surface area contributed by atoms with Crippen LogP contribution in [0.5, 0.6) is 0 Å². The monoisotopic (exact) mass is 275 g/mol. The molecule has 0 spiro atoms. The van der Waals surface area contributed by atoms with E-state index in [9.17, 15) is 4.79 Å². The highest BCUT2D eigenvalue weighted by molar-refractivity contribution is 6.07. The minimum atomic E-state index is -0.710. The number of likely N-dealkylation sites (tertiary alicyclic amines) is 1. The van der Waals surface area contributed by atoms with Gasteiger partial charge < -0.3 is 15.8 Å². The number of hydrogen-bond acceptors (Lipinski definition) is 3. The number of carbonyl (C=O) groups is 1. The van der Waals surface area contributed by atoms with E-state index >= 15 is 0 Å². The zero-order valence-electron chi connectivity index (χ0n) is 11.9. The lowest BCUT2D eigenvalue weighted by Gasteiger charge is -2.23. The number of hydrogen-bond donors (Lipinski definition) is 2. The molecule has 0 radical (unpaired) electrons. The molecule has 1 aliphatic rings. The Labute approximate surface area is 119 Å². The molecule has 1 saturated heterocycles. The summed E-state index contributed by atoms with van der Waals surface area (Å²) in [4.78, 5) is 14.5. The van der Waals surface area contributed by atoms with Crippen LogP contribution in [0.2, 0.25) is 0 Å². The van der Waals surface area contributed by atoms with Gasteiger partial charge in [0.15, 0.2) is 5.84 Å². The normalized spacial score (nSPS) is 24.7. The Balaban J connectivity index is 2.27. The van der Waals surface area contributed by atoms with Crippen molar-refractivity contribution in [1.29, 1.82) is 0 Å². The summed E-state index contributed by atoms with van der Waals surface area (Å²) in [5.74, 6) is 0.0835. The van der Waals surface area contributed by atoms with Crippen LogP contribution in [-0.4, -0.2) is 34.9 Å². The Morgan fingerprint density at radius 3 is 2.35 bits per heavy atom. The number of nitrogens with two attached hydrogens (primary N) is 1. The minimum absolute atomic E-state index is 0.0617. The Morgan fingerprint density at radius 1 is 1.30 bits per heavy atom. The van der Waals surface area contributed by atoms with Crippen LogP contribution in [0, 0.1) is 11.8 Å². The molecular formula is C15H21N3O2. The molecule has 1 fully saturated rings. The molecule has 1 heterocycles. The largest absolute Gasteiger partial charge is 0.409 e. The average Bonchev–Trinajstić information content (AvgIpc) is 2.80. The molecule has 5 heteroatoms. The molecule has 0 bridgehead atoms. The second-order valence-corrected chi connectivity index (χ2v) is 5.57. The minimum Gasteiger partial charge on any atom is -0.409 e. The zero-order chi connectivity index (χ0) is 14.7. The van der Waals surface area contributed by atoms with Crippen LogP contribution in [0.4, 0.5) is 0 Å². The van der Waals surface area contributed by atoms with Crippen LogP contribution in [0.3, 0.4) is 0 Å². The van der Waals surface area contributed by atoms with E-state index in [0.717, 1.165) is 18.7 Å². The first-order chi connectivity index (χ1) is 9.54. The SMILES string of the molecule is CC1CN(C(=O)C(C(N)=NO)c2ccccc2)CC1C. The molecule has 1 aliphatic heterocycles. The van der Waals surface area contributed by atoms with E-state index in [-0.39, 0.29) is 11.7 Å². The van der Waals surface area contributed by atoms with E-state index in [1.165, 1.54) is 0 Å². The molecule has 5 nitrogen and oxygen atoms in total. The van der Waals surface area contributed by atoms with Gasteiger partial charge >= 0.3 is 0 Å². The Bertz CT molecular complexity index is 491. The van der Waals surface area contributed by atoms with Crippen molar-refractivity contribution in [2.75, 3.05) is 13.1 Å². The highest BCUT2D eigenvalue weighted by atomic mass is 16.4. The third-order valence-electron chi connectivity index (χ3n) is 4.09. The Morgan fingerprint density at radius 2 is 1.85 bits per heavy atom. The van der Waals surface area contributed by atoms with Gasteiger partial charge in [-0.15, -0.1) is 0 Å². The molecule has 3 N–H and O–H groups in total. The van der Waals surface area contributed by atoms with Crippen molar-refractivity contribution in [2.45, 2.75) is 19.8 Å². The number of oxime groups is 1. The van der Waals surface area contributed by atoms with E-state index < -0.39 is 5.92 Å². The maximum absolute atomic E-state index is 12.7. The molecule has 108 valence electrons. The fourth-order valence-electron chi connectivity index (χ4n) is 2.64. The number of amides is 1. The summed E-state index contributed by atoms with van der Waals surface area (Å²) in [6.45, 7) is 5.72. The van der Waals surface area contributed by atoms with Crippen LogP contribution in [0.25, 0.3) is 0 Å². The number of nitrogens with zero attached hydrogens (tertiary/aromatic N) is 2. The van der Waals surface area contributed by atoms with Crippen molar-refractivity contribution in [3.8, 4) is 0 Å². The van der Waals surface area contributed by atoms with Gasteiger partial charge in [0, 0.05) is 13.1 Å². The molecule has 0 aliphatic carbocycles. The van der Waals surface area contributed by atoms with Gasteiger partial charge in [0.2, 0.25) is 5.91 Å². The quantitative estimate of drug-likeness (QED) is 0.381. The first-order valence-corrected chi connectivity index (χ1v) is 6.85. The van der Waals surface area contributed by atoms with E-state index in [1.54, 1.807) is 0 Å². The molecule has 3 atom stereocenters. The van der Waals surface area contributed by atoms with Crippen molar-refractivity contribution < 1.29 is 10.0 Å². The average molecular weight is 275 g/mol. The topological polar surface area (TPSA) is 78.9 Å². The summed E-state index contributed by atoms with van der Waals surface area (Å²) in [5.41, 5.74) is 6.49. The van der Waals surface area contributed by atoms with E-state index in [4.69, 9.17) is 10.9 Å². The summed E-state index contributed by atoms with van der Waals surface area (Å²) in [5, 5.41) is 12.0. The Kier molecular flexibility index (Phi) is 4.27. The predicted molar refractivity (Wildman–Crippen MR) is 77.5 cm³/mol. The fraction of sp³-hybridized carbons (Fsp3) is 0.467. The van der Waals surface area contributed by atoms with Gasteiger partial charge in [-0.05, 0) is 17.4 Å². The number of benzene rings is 1. The van der Waals surface area contributed by atoms with Crippen LogP contribution >= 0.6 is 0 Å². The Hall–Kier alpha value is -2.04. The lowest BCUT2D eigenvalue weighted by molar-refractivity contribution is -0.130. The van der Waals surface area contributed by atoms with Crippen molar-refractivity contribution in [2.24, 2.45) is 22.7 Å². The summed E-state index contributed by atoms with van der Waals surface area (Å²) in [6.07, 6.45) is 0. The van der Waals surface area contributed by atoms with Gasteiger partial charge in [-0.25, -0.2) is 0 Å². The summed E-state index contributed by atoms with van der Waals surface area (Å²) >= 11 is 0. The highest BCUT2D eigenvalue weighted by Crippen LogP contribution is 2.27. The van der Waals surface area contributed by atoms with E-state index in [1.807, 2.05) is 35.2 Å². The molecule has 1 aromatic rings. The standard InChI is InChI=1S/C15H21N3O2/c1-10-8-18(9-11(10)2)15(19)13(14(16)17-20)12-6-4-3-5-7-12/h3-7,10-11,13,20H,8-9H2,1-2H3,(H2,16,17). The van der Waals surface area contributed by atoms with Crippen molar-refractivity contribution in [1.82, 2.24) is 4.90 Å².